The minimum atomic E-state index is -3.52. The molecule has 0 saturated carbocycles. The summed E-state index contributed by atoms with van der Waals surface area (Å²) in [4.78, 5) is 19.3. The topological polar surface area (TPSA) is 43.6 Å². The van der Waals surface area contributed by atoms with Gasteiger partial charge in [-0.25, -0.2) is 0 Å². The van der Waals surface area contributed by atoms with E-state index in [1.807, 2.05) is 54.6 Å². The molecule has 174 valence electrons. The van der Waals surface area contributed by atoms with E-state index in [-0.39, 0.29) is 28.3 Å². The van der Waals surface area contributed by atoms with Crippen LogP contribution in [0.1, 0.15) is 0 Å². The number of thiazole rings is 1. The Morgan fingerprint density at radius 2 is 1.29 bits per heavy atom. The van der Waals surface area contributed by atoms with E-state index in [2.05, 4.69) is 43.1 Å². The number of ether oxygens (including phenoxy) is 1. The van der Waals surface area contributed by atoms with Gasteiger partial charge in [0.2, 0.25) is 0 Å². The summed E-state index contributed by atoms with van der Waals surface area (Å²) in [6.07, 6.45) is 1.60. The number of halogens is 2. The fraction of sp³-hybridized carbons (Fsp3) is 0.0769. The Hall–Kier alpha value is -2.50. The molecule has 3 aromatic carbocycles. The first kappa shape index (κ1) is 24.6. The number of methoxy groups -OCH3 is 1. The SMILES string of the molecule is Br.COc1c(P(C)(c2ccccc2)(c2ccccc2)c2ccccc2)nc2sc(Cl)cn2c1=O. The third kappa shape index (κ3) is 3.44. The number of fused-ring (bicyclic) bond motifs is 1. The predicted molar refractivity (Wildman–Crippen MR) is 152 cm³/mol. The van der Waals surface area contributed by atoms with Crippen LogP contribution in [0.5, 0.6) is 5.75 Å². The first-order valence-electron chi connectivity index (χ1n) is 10.4. The zero-order chi connectivity index (χ0) is 23.1. The number of rotatable bonds is 5. The van der Waals surface area contributed by atoms with E-state index < -0.39 is 6.60 Å². The number of hydrogen-bond acceptors (Lipinski definition) is 4. The molecule has 5 rings (SSSR count). The van der Waals surface area contributed by atoms with Crippen molar-refractivity contribution in [2.45, 2.75) is 0 Å². The Labute approximate surface area is 217 Å². The third-order valence-electron chi connectivity index (χ3n) is 6.38. The van der Waals surface area contributed by atoms with Crippen LogP contribution in [0.3, 0.4) is 0 Å². The molecule has 8 heteroatoms. The molecule has 0 aliphatic heterocycles. The van der Waals surface area contributed by atoms with Crippen LogP contribution in [0, 0.1) is 0 Å². The van der Waals surface area contributed by atoms with Crippen LogP contribution < -0.4 is 31.6 Å². The summed E-state index contributed by atoms with van der Waals surface area (Å²) in [5.41, 5.74) is 0.384. The summed E-state index contributed by atoms with van der Waals surface area (Å²) >= 11 is 7.57. The number of hydrogen-bond donors (Lipinski definition) is 0. The summed E-state index contributed by atoms with van der Waals surface area (Å²) in [6, 6.07) is 31.0. The van der Waals surface area contributed by atoms with Gasteiger partial charge in [-0.05, 0) is 0 Å². The summed E-state index contributed by atoms with van der Waals surface area (Å²) in [7, 11) is 1.53. The van der Waals surface area contributed by atoms with Crippen LogP contribution in [0.2, 0.25) is 4.34 Å². The van der Waals surface area contributed by atoms with Gasteiger partial charge in [0.15, 0.2) is 0 Å². The second kappa shape index (κ2) is 9.27. The molecule has 0 N–H and O–H groups in total. The van der Waals surface area contributed by atoms with Gasteiger partial charge >= 0.3 is 201 Å². The van der Waals surface area contributed by atoms with Crippen molar-refractivity contribution in [3.05, 3.63) is 112 Å². The normalized spacial score (nSPS) is 12.5. The Morgan fingerprint density at radius 3 is 1.71 bits per heavy atom. The number of aromatic nitrogens is 2. The minimum absolute atomic E-state index is 0. The summed E-state index contributed by atoms with van der Waals surface area (Å²) in [6.45, 7) is -1.27. The van der Waals surface area contributed by atoms with Crippen molar-refractivity contribution >= 4 is 72.8 Å². The van der Waals surface area contributed by atoms with Gasteiger partial charge in [0.25, 0.3) is 0 Å². The molecule has 5 aromatic rings. The Balaban J connectivity index is 0.00000274. The van der Waals surface area contributed by atoms with Crippen molar-refractivity contribution in [1.82, 2.24) is 9.38 Å². The molecule has 0 amide bonds. The zero-order valence-electron chi connectivity index (χ0n) is 18.6. The molecule has 0 radical (unpaired) electrons. The van der Waals surface area contributed by atoms with E-state index in [4.69, 9.17) is 21.3 Å². The first-order valence-corrected chi connectivity index (χ1v) is 14.3. The van der Waals surface area contributed by atoms with E-state index in [1.165, 1.54) is 22.8 Å². The van der Waals surface area contributed by atoms with Crippen LogP contribution in [0.4, 0.5) is 0 Å². The molecule has 2 aromatic heterocycles. The Kier molecular flexibility index (Phi) is 6.71. The van der Waals surface area contributed by atoms with Gasteiger partial charge < -0.3 is 0 Å². The molecule has 0 aliphatic rings. The van der Waals surface area contributed by atoms with Crippen molar-refractivity contribution in [2.24, 2.45) is 0 Å². The van der Waals surface area contributed by atoms with Crippen molar-refractivity contribution in [1.29, 1.82) is 0 Å². The number of nitrogens with zero attached hydrogens (tertiary/aromatic N) is 2. The van der Waals surface area contributed by atoms with Crippen LogP contribution in [0.15, 0.2) is 102 Å². The predicted octanol–water partition coefficient (Wildman–Crippen LogP) is 4.78. The van der Waals surface area contributed by atoms with Crippen molar-refractivity contribution in [3.8, 4) is 5.75 Å². The number of benzene rings is 3. The van der Waals surface area contributed by atoms with E-state index in [0.717, 1.165) is 15.9 Å². The summed E-state index contributed by atoms with van der Waals surface area (Å²) in [5.74, 6) is 0.235. The van der Waals surface area contributed by atoms with E-state index in [9.17, 15) is 4.79 Å². The van der Waals surface area contributed by atoms with Crippen molar-refractivity contribution < 1.29 is 4.74 Å². The molecule has 0 bridgehead atoms. The average Bonchev–Trinajstić information content (AvgIpc) is 3.26. The fourth-order valence-corrected chi connectivity index (χ4v) is 11.2. The summed E-state index contributed by atoms with van der Waals surface area (Å²) < 4.78 is 7.79. The second-order valence-electron chi connectivity index (χ2n) is 8.03. The molecule has 0 spiro atoms. The van der Waals surface area contributed by atoms with Gasteiger partial charge in [0.05, 0.1) is 0 Å². The zero-order valence-corrected chi connectivity index (χ0v) is 22.8. The van der Waals surface area contributed by atoms with E-state index in [0.29, 0.717) is 14.7 Å². The first-order chi connectivity index (χ1) is 16.0. The van der Waals surface area contributed by atoms with Crippen LogP contribution in [-0.4, -0.2) is 23.2 Å². The van der Waals surface area contributed by atoms with Crippen LogP contribution >= 0.6 is 46.5 Å². The molecule has 2 heterocycles. The third-order valence-corrected chi connectivity index (χ3v) is 13.6. The van der Waals surface area contributed by atoms with E-state index >= 15 is 0 Å². The molecule has 0 aliphatic carbocycles. The van der Waals surface area contributed by atoms with Gasteiger partial charge in [-0.1, -0.05) is 0 Å². The van der Waals surface area contributed by atoms with Gasteiger partial charge in [0, 0.05) is 0 Å². The molecule has 0 fully saturated rings. The quantitative estimate of drug-likeness (QED) is 0.284. The standard InChI is InChI=1S/C26H22ClN2O2PS.BrH/c1-31-23-24(28-26-29(25(23)30)18-22(27)33-26)32(2,19-12-6-3-7-13-19,20-14-8-4-9-15-20)21-16-10-5-11-17-21;/h3-18H,1-2H3;1H. The fourth-order valence-electron chi connectivity index (χ4n) is 4.66. The molecule has 0 unspecified atom stereocenters. The van der Waals surface area contributed by atoms with Crippen molar-refractivity contribution in [2.75, 3.05) is 13.8 Å². The molecule has 0 saturated heterocycles. The molecular formula is C26H23BrClN2O2PS. The van der Waals surface area contributed by atoms with Crippen LogP contribution in [-0.2, 0) is 0 Å². The molecule has 0 atom stereocenters. The van der Waals surface area contributed by atoms with Crippen LogP contribution in [0.25, 0.3) is 4.96 Å². The maximum absolute atomic E-state index is 13.6. The molecular weight excluding hydrogens is 551 g/mol. The maximum atomic E-state index is 13.6. The average molecular weight is 574 g/mol. The monoisotopic (exact) mass is 572 g/mol. The van der Waals surface area contributed by atoms with Gasteiger partial charge in [-0.3, -0.25) is 0 Å². The second-order valence-corrected chi connectivity index (χ2v) is 14.8. The summed E-state index contributed by atoms with van der Waals surface area (Å²) in [5, 5.41) is 3.29. The van der Waals surface area contributed by atoms with E-state index in [1.54, 1.807) is 6.20 Å². The van der Waals surface area contributed by atoms with Gasteiger partial charge in [-0.15, -0.1) is 17.0 Å². The van der Waals surface area contributed by atoms with Gasteiger partial charge in [0.1, 0.15) is 0 Å². The molecule has 34 heavy (non-hydrogen) atoms. The Bertz CT molecular complexity index is 1410. The van der Waals surface area contributed by atoms with Gasteiger partial charge in [-0.2, -0.15) is 0 Å². The molecule has 4 nitrogen and oxygen atoms in total. The Morgan fingerprint density at radius 1 is 0.853 bits per heavy atom. The van der Waals surface area contributed by atoms with Crippen molar-refractivity contribution in [3.63, 3.8) is 0 Å².